The van der Waals surface area contributed by atoms with E-state index in [0.29, 0.717) is 6.42 Å². The van der Waals surface area contributed by atoms with Crippen LogP contribution in [0.2, 0.25) is 0 Å². The van der Waals surface area contributed by atoms with Gasteiger partial charge in [-0.15, -0.1) is 0 Å². The second kappa shape index (κ2) is 6.06. The first kappa shape index (κ1) is 14.8. The Morgan fingerprint density at radius 1 is 1.50 bits per heavy atom. The number of nitrogens with zero attached hydrogens (tertiary/aromatic N) is 3. The fourth-order valence-electron chi connectivity index (χ4n) is 1.87. The Hall–Kier alpha value is -1.27. The van der Waals surface area contributed by atoms with Gasteiger partial charge in [0.2, 0.25) is 0 Å². The molecule has 1 aliphatic carbocycles. The Bertz CT molecular complexity index is 450. The van der Waals surface area contributed by atoms with Crippen molar-refractivity contribution >= 4 is 15.8 Å². The molecule has 0 N–H and O–H groups in total. The average Bonchev–Trinajstić information content (AvgIpc) is 3.03. The Morgan fingerprint density at radius 3 is 2.67 bits per heavy atom. The fourth-order valence-corrected chi connectivity index (χ4v) is 3.90. The topological polar surface area (TPSA) is 109 Å². The van der Waals surface area contributed by atoms with Crippen LogP contribution in [0, 0.1) is 5.41 Å². The Labute approximate surface area is 106 Å². The van der Waals surface area contributed by atoms with E-state index in [0.717, 1.165) is 12.8 Å². The molecule has 0 heterocycles. The predicted molar refractivity (Wildman–Crippen MR) is 65.6 cm³/mol. The molecule has 0 atom stereocenters. The molecular weight excluding hydrogens is 258 g/mol. The van der Waals surface area contributed by atoms with Crippen LogP contribution in [0.25, 0.3) is 10.4 Å². The van der Waals surface area contributed by atoms with Crippen molar-refractivity contribution in [2.24, 2.45) is 10.5 Å². The first-order valence-electron chi connectivity index (χ1n) is 5.71. The molecule has 1 rings (SSSR count). The summed E-state index contributed by atoms with van der Waals surface area (Å²) in [6, 6.07) is 0. The molecule has 1 fully saturated rings. The molecule has 1 aliphatic rings. The number of hydrogen-bond donors (Lipinski definition) is 0. The van der Waals surface area contributed by atoms with Crippen LogP contribution >= 0.6 is 0 Å². The minimum Gasteiger partial charge on any atom is -0.469 e. The quantitative estimate of drug-likeness (QED) is 0.219. The lowest BCUT2D eigenvalue weighted by molar-refractivity contribution is -0.141. The Morgan fingerprint density at radius 2 is 2.17 bits per heavy atom. The molecule has 0 unspecified atom stereocenters. The second-order valence-electron chi connectivity index (χ2n) is 4.65. The van der Waals surface area contributed by atoms with Crippen LogP contribution in [0.4, 0.5) is 0 Å². The van der Waals surface area contributed by atoms with E-state index in [4.69, 9.17) is 5.53 Å². The van der Waals surface area contributed by atoms with Crippen LogP contribution in [-0.4, -0.2) is 39.5 Å². The van der Waals surface area contributed by atoms with Gasteiger partial charge in [-0.05, 0) is 30.2 Å². The molecule has 0 aromatic heterocycles. The summed E-state index contributed by atoms with van der Waals surface area (Å²) in [5, 5.41) is 3.29. The summed E-state index contributed by atoms with van der Waals surface area (Å²) in [5.41, 5.74) is 7.66. The van der Waals surface area contributed by atoms with Crippen molar-refractivity contribution in [3.63, 3.8) is 0 Å². The van der Waals surface area contributed by atoms with E-state index in [2.05, 4.69) is 14.8 Å². The zero-order valence-corrected chi connectivity index (χ0v) is 11.1. The molecular formula is C10H17N3O4S. The first-order valence-corrected chi connectivity index (χ1v) is 7.53. The standard InChI is InChI=1S/C10H17N3O4S/c1-17-9(14)7-10(3-4-10)8-18(15,16)6-2-5-12-13-11/h2-8H2,1H3. The highest BCUT2D eigenvalue weighted by atomic mass is 32.2. The third-order valence-corrected chi connectivity index (χ3v) is 4.97. The largest absolute Gasteiger partial charge is 0.469 e. The van der Waals surface area contributed by atoms with Gasteiger partial charge in [-0.25, -0.2) is 8.42 Å². The van der Waals surface area contributed by atoms with Crippen molar-refractivity contribution in [3.8, 4) is 0 Å². The summed E-state index contributed by atoms with van der Waals surface area (Å²) in [5.74, 6) is -0.350. The van der Waals surface area contributed by atoms with Gasteiger partial charge in [0, 0.05) is 11.5 Å². The molecule has 0 aromatic rings. The molecule has 0 bridgehead atoms. The van der Waals surface area contributed by atoms with Gasteiger partial charge in [0.1, 0.15) is 0 Å². The lowest BCUT2D eigenvalue weighted by atomic mass is 10.1. The van der Waals surface area contributed by atoms with E-state index in [1.807, 2.05) is 0 Å². The van der Waals surface area contributed by atoms with Crippen LogP contribution in [0.1, 0.15) is 25.7 Å². The van der Waals surface area contributed by atoms with E-state index in [1.54, 1.807) is 0 Å². The molecule has 102 valence electrons. The molecule has 1 saturated carbocycles. The number of rotatable bonds is 8. The Kier molecular flexibility index (Phi) is 4.98. The molecule has 7 nitrogen and oxygen atoms in total. The van der Waals surface area contributed by atoms with E-state index >= 15 is 0 Å². The van der Waals surface area contributed by atoms with Gasteiger partial charge >= 0.3 is 5.97 Å². The smallest absolute Gasteiger partial charge is 0.306 e. The number of carbonyl (C=O) groups excluding carboxylic acids is 1. The summed E-state index contributed by atoms with van der Waals surface area (Å²) in [7, 11) is -1.90. The number of ether oxygens (including phenoxy) is 1. The van der Waals surface area contributed by atoms with Crippen LogP contribution in [0.3, 0.4) is 0 Å². The average molecular weight is 275 g/mol. The van der Waals surface area contributed by atoms with Gasteiger partial charge < -0.3 is 4.74 Å². The van der Waals surface area contributed by atoms with Crippen molar-refractivity contribution in [2.75, 3.05) is 25.2 Å². The predicted octanol–water partition coefficient (Wildman–Crippen LogP) is 1.44. The second-order valence-corrected chi connectivity index (χ2v) is 6.84. The van der Waals surface area contributed by atoms with Crippen LogP contribution in [0.15, 0.2) is 5.11 Å². The van der Waals surface area contributed by atoms with E-state index in [1.165, 1.54) is 7.11 Å². The summed E-state index contributed by atoms with van der Waals surface area (Å²) < 4.78 is 28.2. The number of azide groups is 1. The zero-order chi connectivity index (χ0) is 13.6. The number of hydrogen-bond acceptors (Lipinski definition) is 5. The monoisotopic (exact) mass is 275 g/mol. The summed E-state index contributed by atoms with van der Waals surface area (Å²) in [4.78, 5) is 13.7. The van der Waals surface area contributed by atoms with Crippen molar-refractivity contribution in [2.45, 2.75) is 25.7 Å². The summed E-state index contributed by atoms with van der Waals surface area (Å²) in [6.45, 7) is 0.180. The number of esters is 1. The molecule has 0 aliphatic heterocycles. The van der Waals surface area contributed by atoms with Gasteiger partial charge in [-0.1, -0.05) is 5.11 Å². The minimum atomic E-state index is -3.20. The SMILES string of the molecule is COC(=O)CC1(CS(=O)(=O)CCCN=[N+]=[N-])CC1. The van der Waals surface area contributed by atoms with E-state index in [-0.39, 0.29) is 30.4 Å². The molecule has 8 heteroatoms. The maximum Gasteiger partial charge on any atom is 0.306 e. The van der Waals surface area contributed by atoms with Crippen molar-refractivity contribution in [3.05, 3.63) is 10.4 Å². The number of sulfone groups is 1. The maximum atomic E-state index is 11.8. The number of carbonyl (C=O) groups is 1. The molecule has 18 heavy (non-hydrogen) atoms. The zero-order valence-electron chi connectivity index (χ0n) is 10.3. The van der Waals surface area contributed by atoms with Gasteiger partial charge in [-0.3, -0.25) is 4.79 Å². The molecule has 0 amide bonds. The third kappa shape index (κ3) is 4.93. The molecule has 0 radical (unpaired) electrons. The summed E-state index contributed by atoms with van der Waals surface area (Å²) in [6.07, 6.45) is 1.98. The van der Waals surface area contributed by atoms with Gasteiger partial charge in [0.25, 0.3) is 0 Å². The van der Waals surface area contributed by atoms with Crippen LogP contribution in [0.5, 0.6) is 0 Å². The Balaban J connectivity index is 2.45. The lowest BCUT2D eigenvalue weighted by Crippen LogP contribution is -2.23. The highest BCUT2D eigenvalue weighted by Gasteiger charge is 2.47. The van der Waals surface area contributed by atoms with E-state index < -0.39 is 15.3 Å². The van der Waals surface area contributed by atoms with Crippen LogP contribution in [-0.2, 0) is 19.4 Å². The fraction of sp³-hybridized carbons (Fsp3) is 0.900. The van der Waals surface area contributed by atoms with Crippen LogP contribution < -0.4 is 0 Å². The van der Waals surface area contributed by atoms with Gasteiger partial charge in [-0.2, -0.15) is 0 Å². The minimum absolute atomic E-state index is 0.00502. The maximum absolute atomic E-state index is 11.8. The first-order chi connectivity index (χ1) is 8.43. The van der Waals surface area contributed by atoms with Crippen molar-refractivity contribution in [1.82, 2.24) is 0 Å². The number of methoxy groups -OCH3 is 1. The lowest BCUT2D eigenvalue weighted by Gasteiger charge is -2.13. The highest BCUT2D eigenvalue weighted by molar-refractivity contribution is 7.91. The molecule has 0 aromatic carbocycles. The van der Waals surface area contributed by atoms with Gasteiger partial charge in [0.05, 0.1) is 25.0 Å². The van der Waals surface area contributed by atoms with E-state index in [9.17, 15) is 13.2 Å². The van der Waals surface area contributed by atoms with Crippen molar-refractivity contribution < 1.29 is 17.9 Å². The van der Waals surface area contributed by atoms with Gasteiger partial charge in [0.15, 0.2) is 9.84 Å². The molecule has 0 spiro atoms. The highest BCUT2D eigenvalue weighted by Crippen LogP contribution is 2.50. The normalized spacial score (nSPS) is 16.7. The van der Waals surface area contributed by atoms with Crippen molar-refractivity contribution in [1.29, 1.82) is 0 Å². The summed E-state index contributed by atoms with van der Waals surface area (Å²) >= 11 is 0. The molecule has 0 saturated heterocycles. The third-order valence-electron chi connectivity index (χ3n) is 3.01.